The van der Waals surface area contributed by atoms with Crippen LogP contribution in [0.2, 0.25) is 10.0 Å². The SMILES string of the molecule is O=C1NC(=O)N(c2ccc(OCc3ccc(Cl)cc3Cl)cc2)C(=O)/C1=C\c1cccc(OCc2ccccc2F)c1. The average Bonchev–Trinajstić information content (AvgIpc) is 2.95. The van der Waals surface area contributed by atoms with E-state index in [0.29, 0.717) is 32.7 Å². The van der Waals surface area contributed by atoms with Crippen molar-refractivity contribution < 1.29 is 28.2 Å². The third-order valence-corrected chi connectivity index (χ3v) is 6.71. The van der Waals surface area contributed by atoms with Crippen LogP contribution in [0.15, 0.2) is 96.6 Å². The van der Waals surface area contributed by atoms with Gasteiger partial charge in [0.15, 0.2) is 0 Å². The van der Waals surface area contributed by atoms with E-state index in [1.54, 1.807) is 72.8 Å². The molecule has 0 spiro atoms. The smallest absolute Gasteiger partial charge is 0.335 e. The standard InChI is InChI=1S/C31H21Cl2FN2O5/c32-22-9-8-20(27(33)16-22)17-40-24-12-10-23(11-13-24)36-30(38)26(29(37)35-31(36)39)15-19-4-3-6-25(14-19)41-18-21-5-1-2-7-28(21)34/h1-16H,17-18H2,(H,35,37,39)/b26-15-. The van der Waals surface area contributed by atoms with Gasteiger partial charge in [0, 0.05) is 21.2 Å². The lowest BCUT2D eigenvalue weighted by Crippen LogP contribution is -2.54. The molecule has 1 N–H and O–H groups in total. The first-order valence-electron chi connectivity index (χ1n) is 12.3. The molecule has 41 heavy (non-hydrogen) atoms. The summed E-state index contributed by atoms with van der Waals surface area (Å²) in [5.74, 6) is -1.12. The highest BCUT2D eigenvalue weighted by molar-refractivity contribution is 6.39. The van der Waals surface area contributed by atoms with Gasteiger partial charge < -0.3 is 9.47 Å². The molecule has 7 nitrogen and oxygen atoms in total. The maximum absolute atomic E-state index is 13.9. The summed E-state index contributed by atoms with van der Waals surface area (Å²) in [5.41, 5.74) is 1.60. The highest BCUT2D eigenvalue weighted by Gasteiger charge is 2.36. The third kappa shape index (κ3) is 6.57. The number of carbonyl (C=O) groups excluding carboxylic acids is 3. The Morgan fingerprint density at radius 3 is 2.27 bits per heavy atom. The molecule has 206 valence electrons. The molecule has 1 saturated heterocycles. The first-order chi connectivity index (χ1) is 19.8. The van der Waals surface area contributed by atoms with Gasteiger partial charge in [-0.1, -0.05) is 59.6 Å². The molecule has 4 aromatic rings. The fraction of sp³-hybridized carbons (Fsp3) is 0.0645. The van der Waals surface area contributed by atoms with Gasteiger partial charge in [-0.3, -0.25) is 14.9 Å². The second kappa shape index (κ2) is 12.2. The molecular formula is C31H21Cl2FN2O5. The maximum atomic E-state index is 13.9. The van der Waals surface area contributed by atoms with E-state index in [1.165, 1.54) is 24.3 Å². The molecule has 4 amide bonds. The predicted octanol–water partition coefficient (Wildman–Crippen LogP) is 6.96. The summed E-state index contributed by atoms with van der Waals surface area (Å²) in [7, 11) is 0. The molecule has 1 aliphatic rings. The van der Waals surface area contributed by atoms with Crippen molar-refractivity contribution in [1.29, 1.82) is 0 Å². The lowest BCUT2D eigenvalue weighted by atomic mass is 10.1. The van der Waals surface area contributed by atoms with Gasteiger partial charge in [-0.05, 0) is 66.2 Å². The van der Waals surface area contributed by atoms with Crippen molar-refractivity contribution in [1.82, 2.24) is 5.32 Å². The first-order valence-corrected chi connectivity index (χ1v) is 13.1. The number of barbiturate groups is 1. The van der Waals surface area contributed by atoms with E-state index in [-0.39, 0.29) is 30.3 Å². The van der Waals surface area contributed by atoms with Crippen LogP contribution in [0.1, 0.15) is 16.7 Å². The summed E-state index contributed by atoms with van der Waals surface area (Å²) in [6, 6.07) is 23.3. The Balaban J connectivity index is 1.30. The van der Waals surface area contributed by atoms with Crippen molar-refractivity contribution >= 4 is 52.8 Å². The van der Waals surface area contributed by atoms with Crippen LogP contribution in [0.5, 0.6) is 11.5 Å². The molecular weight excluding hydrogens is 570 g/mol. The number of rotatable bonds is 8. The number of carbonyl (C=O) groups is 3. The Morgan fingerprint density at radius 1 is 0.780 bits per heavy atom. The second-order valence-electron chi connectivity index (χ2n) is 8.93. The molecule has 0 aliphatic carbocycles. The molecule has 0 radical (unpaired) electrons. The highest BCUT2D eigenvalue weighted by atomic mass is 35.5. The number of benzene rings is 4. The van der Waals surface area contributed by atoms with Crippen molar-refractivity contribution in [3.8, 4) is 11.5 Å². The van der Waals surface area contributed by atoms with E-state index in [9.17, 15) is 18.8 Å². The van der Waals surface area contributed by atoms with Gasteiger partial charge in [0.2, 0.25) is 0 Å². The van der Waals surface area contributed by atoms with Gasteiger partial charge in [-0.15, -0.1) is 0 Å². The number of hydrogen-bond donors (Lipinski definition) is 1. The van der Waals surface area contributed by atoms with Crippen LogP contribution in [0.4, 0.5) is 14.9 Å². The lowest BCUT2D eigenvalue weighted by molar-refractivity contribution is -0.122. The van der Waals surface area contributed by atoms with Crippen LogP contribution in [0.3, 0.4) is 0 Å². The third-order valence-electron chi connectivity index (χ3n) is 6.13. The zero-order chi connectivity index (χ0) is 28.9. The van der Waals surface area contributed by atoms with Crippen molar-refractivity contribution in [2.75, 3.05) is 4.90 Å². The molecule has 1 aliphatic heterocycles. The van der Waals surface area contributed by atoms with E-state index in [2.05, 4.69) is 5.32 Å². The topological polar surface area (TPSA) is 84.9 Å². The van der Waals surface area contributed by atoms with E-state index in [0.717, 1.165) is 10.5 Å². The number of urea groups is 1. The highest BCUT2D eigenvalue weighted by Crippen LogP contribution is 2.27. The molecule has 10 heteroatoms. The zero-order valence-corrected chi connectivity index (χ0v) is 22.8. The maximum Gasteiger partial charge on any atom is 0.335 e. The minimum absolute atomic E-state index is 0.000836. The second-order valence-corrected chi connectivity index (χ2v) is 9.77. The number of anilines is 1. The molecule has 0 saturated carbocycles. The van der Waals surface area contributed by atoms with Gasteiger partial charge in [-0.2, -0.15) is 0 Å². The molecule has 4 aromatic carbocycles. The van der Waals surface area contributed by atoms with E-state index in [1.807, 2.05) is 0 Å². The van der Waals surface area contributed by atoms with Gasteiger partial charge >= 0.3 is 6.03 Å². The van der Waals surface area contributed by atoms with Crippen LogP contribution < -0.4 is 19.7 Å². The number of imide groups is 2. The number of nitrogens with one attached hydrogen (secondary N) is 1. The van der Waals surface area contributed by atoms with Crippen molar-refractivity contribution in [2.24, 2.45) is 0 Å². The summed E-state index contributed by atoms with van der Waals surface area (Å²) < 4.78 is 25.4. The summed E-state index contributed by atoms with van der Waals surface area (Å²) in [5, 5.41) is 3.18. The van der Waals surface area contributed by atoms with Crippen LogP contribution in [-0.2, 0) is 22.8 Å². The summed E-state index contributed by atoms with van der Waals surface area (Å²) in [4.78, 5) is 39.4. The number of hydrogen-bond acceptors (Lipinski definition) is 5. The fourth-order valence-electron chi connectivity index (χ4n) is 4.02. The number of amides is 4. The van der Waals surface area contributed by atoms with E-state index >= 15 is 0 Å². The minimum Gasteiger partial charge on any atom is -0.489 e. The van der Waals surface area contributed by atoms with Gasteiger partial charge in [0.1, 0.15) is 36.1 Å². The average molecular weight is 591 g/mol. The van der Waals surface area contributed by atoms with Crippen LogP contribution in [-0.4, -0.2) is 17.8 Å². The van der Waals surface area contributed by atoms with E-state index < -0.39 is 17.8 Å². The molecule has 5 rings (SSSR count). The van der Waals surface area contributed by atoms with Gasteiger partial charge in [-0.25, -0.2) is 14.1 Å². The number of ether oxygens (including phenoxy) is 2. The van der Waals surface area contributed by atoms with Gasteiger partial charge in [0.05, 0.1) is 5.69 Å². The fourth-order valence-corrected chi connectivity index (χ4v) is 4.48. The minimum atomic E-state index is -0.874. The molecule has 0 bridgehead atoms. The normalized spacial score (nSPS) is 14.3. The Labute approximate surface area is 244 Å². The Kier molecular flexibility index (Phi) is 8.33. The summed E-state index contributed by atoms with van der Waals surface area (Å²) >= 11 is 12.1. The summed E-state index contributed by atoms with van der Waals surface area (Å²) in [6.45, 7) is 0.184. The Morgan fingerprint density at radius 2 is 1.51 bits per heavy atom. The zero-order valence-electron chi connectivity index (χ0n) is 21.3. The molecule has 1 heterocycles. The number of halogens is 3. The number of nitrogens with zero attached hydrogens (tertiary/aromatic N) is 1. The molecule has 0 atom stereocenters. The van der Waals surface area contributed by atoms with Crippen molar-refractivity contribution in [2.45, 2.75) is 13.2 Å². The van der Waals surface area contributed by atoms with Crippen LogP contribution in [0.25, 0.3) is 6.08 Å². The monoisotopic (exact) mass is 590 g/mol. The van der Waals surface area contributed by atoms with Crippen LogP contribution >= 0.6 is 23.2 Å². The van der Waals surface area contributed by atoms with Crippen LogP contribution in [0, 0.1) is 5.82 Å². The largest absolute Gasteiger partial charge is 0.489 e. The summed E-state index contributed by atoms with van der Waals surface area (Å²) in [6.07, 6.45) is 1.36. The molecule has 0 unspecified atom stereocenters. The Bertz CT molecular complexity index is 1670. The van der Waals surface area contributed by atoms with Crippen molar-refractivity contribution in [3.05, 3.63) is 129 Å². The van der Waals surface area contributed by atoms with Crippen molar-refractivity contribution in [3.63, 3.8) is 0 Å². The quantitative estimate of drug-likeness (QED) is 0.177. The predicted molar refractivity (Wildman–Crippen MR) is 153 cm³/mol. The Hall–Kier alpha value is -4.66. The molecule has 1 fully saturated rings. The first kappa shape index (κ1) is 27.9. The van der Waals surface area contributed by atoms with Gasteiger partial charge in [0.25, 0.3) is 11.8 Å². The molecule has 0 aromatic heterocycles. The lowest BCUT2D eigenvalue weighted by Gasteiger charge is -2.26. The van der Waals surface area contributed by atoms with E-state index in [4.69, 9.17) is 32.7 Å².